The molecular formula is C10H20O2. The number of aliphatic hydroxyl groups is 2. The van der Waals surface area contributed by atoms with Crippen LogP contribution >= 0.6 is 0 Å². The molecule has 1 fully saturated rings. The van der Waals surface area contributed by atoms with Crippen molar-refractivity contribution in [2.45, 2.75) is 51.7 Å². The van der Waals surface area contributed by atoms with E-state index in [9.17, 15) is 10.2 Å². The zero-order valence-electron chi connectivity index (χ0n) is 8.03. The summed E-state index contributed by atoms with van der Waals surface area (Å²) in [5.74, 6) is 0.673. The predicted octanol–water partition coefficient (Wildman–Crippen LogP) is 1.55. The van der Waals surface area contributed by atoms with Crippen molar-refractivity contribution in [3.8, 4) is 0 Å². The largest absolute Gasteiger partial charge is 0.390 e. The van der Waals surface area contributed by atoms with Crippen LogP contribution in [0.25, 0.3) is 0 Å². The van der Waals surface area contributed by atoms with Gasteiger partial charge in [0.2, 0.25) is 0 Å². The fourth-order valence-corrected chi connectivity index (χ4v) is 2.29. The van der Waals surface area contributed by atoms with Crippen LogP contribution in [0.4, 0.5) is 0 Å². The number of hydrogen-bond acceptors (Lipinski definition) is 2. The minimum Gasteiger partial charge on any atom is -0.390 e. The molecule has 1 saturated carbocycles. The smallest absolute Gasteiger partial charge is 0.0830 e. The average Bonchev–Trinajstić information content (AvgIpc) is 2.33. The van der Waals surface area contributed by atoms with Crippen molar-refractivity contribution in [3.63, 3.8) is 0 Å². The van der Waals surface area contributed by atoms with Gasteiger partial charge in [-0.1, -0.05) is 26.7 Å². The maximum atomic E-state index is 9.64. The molecule has 4 atom stereocenters. The summed E-state index contributed by atoms with van der Waals surface area (Å²) < 4.78 is 0. The first-order valence-electron chi connectivity index (χ1n) is 5.06. The lowest BCUT2D eigenvalue weighted by atomic mass is 9.98. The Balaban J connectivity index is 2.48. The SMILES string of the molecule is CCCC1CC(CC)C(O)C1O. The van der Waals surface area contributed by atoms with E-state index < -0.39 is 12.2 Å². The Morgan fingerprint density at radius 2 is 1.67 bits per heavy atom. The minimum absolute atomic E-state index is 0.330. The summed E-state index contributed by atoms with van der Waals surface area (Å²) in [6.45, 7) is 4.20. The van der Waals surface area contributed by atoms with Crippen molar-refractivity contribution in [1.29, 1.82) is 0 Å². The van der Waals surface area contributed by atoms with Gasteiger partial charge in [-0.15, -0.1) is 0 Å². The van der Waals surface area contributed by atoms with Crippen LogP contribution in [-0.4, -0.2) is 22.4 Å². The molecule has 72 valence electrons. The molecule has 2 N–H and O–H groups in total. The first-order chi connectivity index (χ1) is 5.70. The molecule has 0 saturated heterocycles. The van der Waals surface area contributed by atoms with Gasteiger partial charge in [-0.05, 0) is 24.7 Å². The van der Waals surface area contributed by atoms with E-state index >= 15 is 0 Å². The van der Waals surface area contributed by atoms with Crippen LogP contribution in [0, 0.1) is 11.8 Å². The maximum absolute atomic E-state index is 9.64. The monoisotopic (exact) mass is 172 g/mol. The molecule has 0 bridgehead atoms. The molecule has 4 unspecified atom stereocenters. The Labute approximate surface area is 74.6 Å². The molecule has 0 heterocycles. The van der Waals surface area contributed by atoms with Gasteiger partial charge in [-0.3, -0.25) is 0 Å². The third-order valence-corrected chi connectivity index (χ3v) is 3.11. The van der Waals surface area contributed by atoms with E-state index in [1.807, 2.05) is 0 Å². The van der Waals surface area contributed by atoms with E-state index in [4.69, 9.17) is 0 Å². The summed E-state index contributed by atoms with van der Waals surface area (Å²) in [7, 11) is 0. The number of hydrogen-bond donors (Lipinski definition) is 2. The zero-order chi connectivity index (χ0) is 9.14. The zero-order valence-corrected chi connectivity index (χ0v) is 8.03. The van der Waals surface area contributed by atoms with E-state index in [0.717, 1.165) is 25.7 Å². The van der Waals surface area contributed by atoms with Crippen molar-refractivity contribution >= 4 is 0 Å². The highest BCUT2D eigenvalue weighted by molar-refractivity contribution is 4.89. The van der Waals surface area contributed by atoms with E-state index in [0.29, 0.717) is 11.8 Å². The van der Waals surface area contributed by atoms with Crippen LogP contribution in [0.15, 0.2) is 0 Å². The molecule has 0 aromatic rings. The summed E-state index contributed by atoms with van der Waals surface area (Å²) >= 11 is 0. The average molecular weight is 172 g/mol. The first kappa shape index (κ1) is 10.0. The van der Waals surface area contributed by atoms with Crippen LogP contribution in [0.3, 0.4) is 0 Å². The Hall–Kier alpha value is -0.0800. The van der Waals surface area contributed by atoms with Gasteiger partial charge in [0.05, 0.1) is 12.2 Å². The highest BCUT2D eigenvalue weighted by Crippen LogP contribution is 2.36. The molecule has 1 rings (SSSR count). The molecule has 0 aromatic carbocycles. The van der Waals surface area contributed by atoms with Crippen molar-refractivity contribution < 1.29 is 10.2 Å². The lowest BCUT2D eigenvalue weighted by molar-refractivity contribution is 0.00209. The van der Waals surface area contributed by atoms with Crippen molar-refractivity contribution in [3.05, 3.63) is 0 Å². The van der Waals surface area contributed by atoms with Crippen LogP contribution in [0.5, 0.6) is 0 Å². The number of rotatable bonds is 3. The molecular weight excluding hydrogens is 152 g/mol. The van der Waals surface area contributed by atoms with Gasteiger partial charge in [0.15, 0.2) is 0 Å². The standard InChI is InChI=1S/C10H20O2/c1-3-5-8-6-7(4-2)9(11)10(8)12/h7-12H,3-6H2,1-2H3. The summed E-state index contributed by atoms with van der Waals surface area (Å²) in [5.41, 5.74) is 0. The van der Waals surface area contributed by atoms with Gasteiger partial charge >= 0.3 is 0 Å². The Kier molecular flexibility index (Phi) is 3.53. The summed E-state index contributed by atoms with van der Waals surface area (Å²) in [6, 6.07) is 0. The second-order valence-electron chi connectivity index (χ2n) is 3.93. The molecule has 0 aliphatic heterocycles. The molecule has 0 aromatic heterocycles. The molecule has 0 spiro atoms. The molecule has 2 nitrogen and oxygen atoms in total. The van der Waals surface area contributed by atoms with Gasteiger partial charge in [0, 0.05) is 0 Å². The van der Waals surface area contributed by atoms with Crippen molar-refractivity contribution in [2.24, 2.45) is 11.8 Å². The molecule has 2 heteroatoms. The summed E-state index contributed by atoms with van der Waals surface area (Å²) in [4.78, 5) is 0. The lowest BCUT2D eigenvalue weighted by Crippen LogP contribution is -2.27. The minimum atomic E-state index is -0.466. The third kappa shape index (κ3) is 1.80. The number of aliphatic hydroxyl groups excluding tert-OH is 2. The van der Waals surface area contributed by atoms with Crippen LogP contribution in [0.1, 0.15) is 39.5 Å². The Morgan fingerprint density at radius 1 is 1.08 bits per heavy atom. The molecule has 0 radical (unpaired) electrons. The second-order valence-corrected chi connectivity index (χ2v) is 3.93. The summed E-state index contributed by atoms with van der Waals surface area (Å²) in [5, 5.41) is 19.2. The van der Waals surface area contributed by atoms with E-state index in [-0.39, 0.29) is 0 Å². The third-order valence-electron chi connectivity index (χ3n) is 3.11. The van der Waals surface area contributed by atoms with Gasteiger partial charge < -0.3 is 10.2 Å². The predicted molar refractivity (Wildman–Crippen MR) is 48.8 cm³/mol. The summed E-state index contributed by atoms with van der Waals surface area (Å²) in [6.07, 6.45) is 3.21. The van der Waals surface area contributed by atoms with Gasteiger partial charge in [-0.2, -0.15) is 0 Å². The molecule has 12 heavy (non-hydrogen) atoms. The van der Waals surface area contributed by atoms with E-state index in [1.165, 1.54) is 0 Å². The van der Waals surface area contributed by atoms with Gasteiger partial charge in [0.1, 0.15) is 0 Å². The highest BCUT2D eigenvalue weighted by Gasteiger charge is 2.39. The first-order valence-corrected chi connectivity index (χ1v) is 5.06. The topological polar surface area (TPSA) is 40.5 Å². The van der Waals surface area contributed by atoms with Crippen LogP contribution in [0.2, 0.25) is 0 Å². The maximum Gasteiger partial charge on any atom is 0.0830 e. The molecule has 0 amide bonds. The van der Waals surface area contributed by atoms with Crippen LogP contribution in [-0.2, 0) is 0 Å². The van der Waals surface area contributed by atoms with Crippen molar-refractivity contribution in [2.75, 3.05) is 0 Å². The molecule has 1 aliphatic carbocycles. The normalized spacial score (nSPS) is 42.0. The van der Waals surface area contributed by atoms with Gasteiger partial charge in [0.25, 0.3) is 0 Å². The van der Waals surface area contributed by atoms with E-state index in [2.05, 4.69) is 13.8 Å². The van der Waals surface area contributed by atoms with Crippen LogP contribution < -0.4 is 0 Å². The Morgan fingerprint density at radius 3 is 2.08 bits per heavy atom. The Bertz CT molecular complexity index is 136. The van der Waals surface area contributed by atoms with E-state index in [1.54, 1.807) is 0 Å². The highest BCUT2D eigenvalue weighted by atomic mass is 16.3. The fourth-order valence-electron chi connectivity index (χ4n) is 2.29. The fraction of sp³-hybridized carbons (Fsp3) is 1.00. The van der Waals surface area contributed by atoms with Crippen molar-refractivity contribution in [1.82, 2.24) is 0 Å². The quantitative estimate of drug-likeness (QED) is 0.678. The molecule has 1 aliphatic rings. The second kappa shape index (κ2) is 4.24. The lowest BCUT2D eigenvalue weighted by Gasteiger charge is -2.15. The van der Waals surface area contributed by atoms with Gasteiger partial charge in [-0.25, -0.2) is 0 Å².